The Morgan fingerprint density at radius 2 is 1.75 bits per heavy atom. The van der Waals surface area contributed by atoms with Gasteiger partial charge in [-0.3, -0.25) is 4.79 Å². The number of rotatable bonds is 7. The predicted octanol–water partition coefficient (Wildman–Crippen LogP) is -0.805. The molecular weight excluding hydrogens is 236 g/mol. The number of sulfone groups is 1. The molecule has 16 heavy (non-hydrogen) atoms. The molecule has 0 aliphatic rings. The summed E-state index contributed by atoms with van der Waals surface area (Å²) in [5.74, 6) is -0.972. The van der Waals surface area contributed by atoms with Gasteiger partial charge in [0.05, 0.1) is 12.2 Å². The Kier molecular flexibility index (Phi) is 6.47. The lowest BCUT2D eigenvalue weighted by Gasteiger charge is -2.05. The van der Waals surface area contributed by atoms with Crippen LogP contribution < -0.4 is 10.6 Å². The minimum absolute atomic E-state index is 0.0163. The molecule has 0 fully saturated rings. The second-order valence-corrected chi connectivity index (χ2v) is 5.57. The first-order chi connectivity index (χ1) is 7.31. The van der Waals surface area contributed by atoms with Gasteiger partial charge in [-0.1, -0.05) is 0 Å². The maximum absolute atomic E-state index is 11.0. The van der Waals surface area contributed by atoms with Crippen LogP contribution in [0.4, 0.5) is 4.79 Å². The molecule has 7 nitrogen and oxygen atoms in total. The first-order valence-corrected chi connectivity index (χ1v) is 6.78. The van der Waals surface area contributed by atoms with E-state index in [-0.39, 0.29) is 25.3 Å². The SMILES string of the molecule is CS(=O)(=O)CCCNC(=O)NCCC(=O)O. The minimum Gasteiger partial charge on any atom is -0.481 e. The Balaban J connectivity index is 3.48. The van der Waals surface area contributed by atoms with Crippen molar-refractivity contribution in [1.29, 1.82) is 0 Å². The van der Waals surface area contributed by atoms with Gasteiger partial charge >= 0.3 is 12.0 Å². The monoisotopic (exact) mass is 252 g/mol. The largest absolute Gasteiger partial charge is 0.481 e. The van der Waals surface area contributed by atoms with Gasteiger partial charge in [-0.25, -0.2) is 13.2 Å². The molecule has 0 saturated heterocycles. The van der Waals surface area contributed by atoms with Crippen molar-refractivity contribution < 1.29 is 23.1 Å². The second-order valence-electron chi connectivity index (χ2n) is 3.31. The summed E-state index contributed by atoms with van der Waals surface area (Å²) < 4.78 is 21.5. The van der Waals surface area contributed by atoms with Gasteiger partial charge in [-0.05, 0) is 6.42 Å². The molecule has 0 aromatic rings. The molecule has 0 saturated carbocycles. The highest BCUT2D eigenvalue weighted by atomic mass is 32.2. The normalized spacial score (nSPS) is 10.8. The van der Waals surface area contributed by atoms with Gasteiger partial charge in [-0.2, -0.15) is 0 Å². The zero-order valence-electron chi connectivity index (χ0n) is 9.02. The highest BCUT2D eigenvalue weighted by Gasteiger charge is 2.03. The van der Waals surface area contributed by atoms with Crippen molar-refractivity contribution in [3.63, 3.8) is 0 Å². The van der Waals surface area contributed by atoms with Crippen LogP contribution in [0.15, 0.2) is 0 Å². The maximum atomic E-state index is 11.0. The number of carbonyl (C=O) groups is 2. The third-order valence-electron chi connectivity index (χ3n) is 1.60. The van der Waals surface area contributed by atoms with Gasteiger partial charge in [0.2, 0.25) is 0 Å². The molecule has 0 aromatic heterocycles. The average molecular weight is 252 g/mol. The third-order valence-corrected chi connectivity index (χ3v) is 2.63. The lowest BCUT2D eigenvalue weighted by atomic mass is 10.4. The molecule has 94 valence electrons. The molecule has 3 N–H and O–H groups in total. The Labute approximate surface area is 94.1 Å². The van der Waals surface area contributed by atoms with E-state index >= 15 is 0 Å². The van der Waals surface area contributed by atoms with E-state index in [4.69, 9.17) is 5.11 Å². The summed E-state index contributed by atoms with van der Waals surface area (Å²) in [4.78, 5) is 21.1. The zero-order chi connectivity index (χ0) is 12.6. The quantitative estimate of drug-likeness (QED) is 0.513. The zero-order valence-corrected chi connectivity index (χ0v) is 9.84. The van der Waals surface area contributed by atoms with E-state index in [0.29, 0.717) is 6.42 Å². The summed E-state index contributed by atoms with van der Waals surface area (Å²) in [5, 5.41) is 13.0. The Bertz CT molecular complexity index is 338. The third kappa shape index (κ3) is 10.8. The fourth-order valence-corrected chi connectivity index (χ4v) is 1.55. The summed E-state index contributed by atoms with van der Waals surface area (Å²) in [6.07, 6.45) is 1.32. The highest BCUT2D eigenvalue weighted by molar-refractivity contribution is 7.90. The van der Waals surface area contributed by atoms with Gasteiger partial charge in [0.1, 0.15) is 9.84 Å². The molecule has 2 amide bonds. The molecule has 0 aliphatic carbocycles. The molecule has 0 heterocycles. The number of carbonyl (C=O) groups excluding carboxylic acids is 1. The van der Waals surface area contributed by atoms with E-state index in [1.54, 1.807) is 0 Å². The van der Waals surface area contributed by atoms with Crippen LogP contribution >= 0.6 is 0 Å². The molecule has 0 aromatic carbocycles. The highest BCUT2D eigenvalue weighted by Crippen LogP contribution is 1.86. The lowest BCUT2D eigenvalue weighted by molar-refractivity contribution is -0.136. The predicted molar refractivity (Wildman–Crippen MR) is 58.0 cm³/mol. The second kappa shape index (κ2) is 7.04. The van der Waals surface area contributed by atoms with Crippen LogP contribution in [0.3, 0.4) is 0 Å². The molecule has 0 radical (unpaired) electrons. The van der Waals surface area contributed by atoms with Gasteiger partial charge in [0, 0.05) is 19.3 Å². The average Bonchev–Trinajstić information content (AvgIpc) is 2.10. The summed E-state index contributed by atoms with van der Waals surface area (Å²) >= 11 is 0. The van der Waals surface area contributed by atoms with Crippen LogP contribution in [0, 0.1) is 0 Å². The fraction of sp³-hybridized carbons (Fsp3) is 0.750. The molecule has 0 bridgehead atoms. The molecule has 0 rings (SSSR count). The van der Waals surface area contributed by atoms with Crippen molar-refractivity contribution in [2.75, 3.05) is 25.1 Å². The van der Waals surface area contributed by atoms with Crippen LogP contribution in [-0.4, -0.2) is 50.6 Å². The van der Waals surface area contributed by atoms with Gasteiger partial charge in [0.25, 0.3) is 0 Å². The van der Waals surface area contributed by atoms with Crippen molar-refractivity contribution in [1.82, 2.24) is 10.6 Å². The molecule has 0 spiro atoms. The number of aliphatic carboxylic acids is 1. The first-order valence-electron chi connectivity index (χ1n) is 4.72. The Morgan fingerprint density at radius 1 is 1.19 bits per heavy atom. The Morgan fingerprint density at radius 3 is 2.25 bits per heavy atom. The minimum atomic E-state index is -3.00. The van der Waals surface area contributed by atoms with Crippen molar-refractivity contribution >= 4 is 21.8 Å². The van der Waals surface area contributed by atoms with Crippen LogP contribution in [0.25, 0.3) is 0 Å². The summed E-state index contributed by atoms with van der Waals surface area (Å²) in [6, 6.07) is -0.491. The summed E-state index contributed by atoms with van der Waals surface area (Å²) in [6.45, 7) is 0.291. The lowest BCUT2D eigenvalue weighted by Crippen LogP contribution is -2.37. The van der Waals surface area contributed by atoms with E-state index in [0.717, 1.165) is 6.26 Å². The number of carboxylic acid groups (broad SMARTS) is 1. The van der Waals surface area contributed by atoms with Gasteiger partial charge in [0.15, 0.2) is 0 Å². The fourth-order valence-electron chi connectivity index (χ4n) is 0.882. The molecule has 0 atom stereocenters. The van der Waals surface area contributed by atoms with E-state index in [9.17, 15) is 18.0 Å². The Hall–Kier alpha value is -1.31. The number of hydrogen-bond acceptors (Lipinski definition) is 4. The van der Waals surface area contributed by atoms with Gasteiger partial charge < -0.3 is 15.7 Å². The van der Waals surface area contributed by atoms with Crippen LogP contribution in [0.5, 0.6) is 0 Å². The van der Waals surface area contributed by atoms with Crippen molar-refractivity contribution in [2.45, 2.75) is 12.8 Å². The molecule has 8 heteroatoms. The van der Waals surface area contributed by atoms with Crippen LogP contribution in [0.2, 0.25) is 0 Å². The number of urea groups is 1. The summed E-state index contributed by atoms with van der Waals surface area (Å²) in [7, 11) is -3.00. The van der Waals surface area contributed by atoms with Crippen molar-refractivity contribution in [3.05, 3.63) is 0 Å². The molecular formula is C8H16N2O5S. The number of hydrogen-bond donors (Lipinski definition) is 3. The molecule has 0 unspecified atom stereocenters. The standard InChI is InChI=1S/C8H16N2O5S/c1-16(14,15)6-2-4-9-8(13)10-5-3-7(11)12/h2-6H2,1H3,(H,11,12)(H2,9,10,13). The van der Waals surface area contributed by atoms with Crippen molar-refractivity contribution in [3.8, 4) is 0 Å². The van der Waals surface area contributed by atoms with E-state index in [1.165, 1.54) is 0 Å². The van der Waals surface area contributed by atoms with Gasteiger partial charge in [-0.15, -0.1) is 0 Å². The van der Waals surface area contributed by atoms with Crippen molar-refractivity contribution in [2.24, 2.45) is 0 Å². The smallest absolute Gasteiger partial charge is 0.314 e. The van der Waals surface area contributed by atoms with E-state index in [1.807, 2.05) is 0 Å². The maximum Gasteiger partial charge on any atom is 0.314 e. The number of amides is 2. The molecule has 0 aliphatic heterocycles. The topological polar surface area (TPSA) is 113 Å². The number of nitrogens with one attached hydrogen (secondary N) is 2. The first kappa shape index (κ1) is 14.7. The van der Waals surface area contributed by atoms with Crippen LogP contribution in [0.1, 0.15) is 12.8 Å². The van der Waals surface area contributed by atoms with Crippen LogP contribution in [-0.2, 0) is 14.6 Å². The van der Waals surface area contributed by atoms with E-state index in [2.05, 4.69) is 10.6 Å². The van der Waals surface area contributed by atoms with E-state index < -0.39 is 21.8 Å². The summed E-state index contributed by atoms with van der Waals surface area (Å²) in [5.41, 5.74) is 0. The number of carboxylic acids is 1.